The highest BCUT2D eigenvalue weighted by atomic mass is 16.5. The van der Waals surface area contributed by atoms with Crippen LogP contribution >= 0.6 is 0 Å². The predicted octanol–water partition coefficient (Wildman–Crippen LogP) is 1.83. The van der Waals surface area contributed by atoms with Gasteiger partial charge in [0.25, 0.3) is 0 Å². The van der Waals surface area contributed by atoms with Gasteiger partial charge in [0.05, 0.1) is 13.2 Å². The lowest BCUT2D eigenvalue weighted by Crippen LogP contribution is -2.41. The molecule has 1 fully saturated rings. The van der Waals surface area contributed by atoms with Crippen molar-refractivity contribution in [2.45, 2.75) is 37.8 Å². The van der Waals surface area contributed by atoms with Crippen LogP contribution in [0, 0.1) is 0 Å². The van der Waals surface area contributed by atoms with Crippen LogP contribution in [0.4, 0.5) is 0 Å². The second-order valence-electron chi connectivity index (χ2n) is 5.82. The second kappa shape index (κ2) is 8.59. The Labute approximate surface area is 141 Å². The van der Waals surface area contributed by atoms with Crippen LogP contribution in [0.5, 0.6) is 0 Å². The Kier molecular flexibility index (Phi) is 6.49. The van der Waals surface area contributed by atoms with Gasteiger partial charge in [-0.3, -0.25) is 9.59 Å². The van der Waals surface area contributed by atoms with E-state index in [2.05, 4.69) is 0 Å². The zero-order valence-electron chi connectivity index (χ0n) is 14.1. The number of likely N-dealkylation sites (tertiary alicyclic amines) is 1. The van der Waals surface area contributed by atoms with Crippen LogP contribution in [-0.2, 0) is 19.1 Å². The van der Waals surface area contributed by atoms with Gasteiger partial charge in [-0.25, -0.2) is 4.79 Å². The summed E-state index contributed by atoms with van der Waals surface area (Å²) in [5.74, 6) is -0.557. The van der Waals surface area contributed by atoms with Crippen molar-refractivity contribution >= 4 is 17.7 Å². The van der Waals surface area contributed by atoms with Gasteiger partial charge in [0.15, 0.2) is 5.78 Å². The number of Topliss-reactive ketones (excluding diaryl/α,β-unsaturated/α-hetero) is 1. The molecule has 6 heteroatoms. The van der Waals surface area contributed by atoms with E-state index in [1.165, 1.54) is 12.0 Å². The minimum atomic E-state index is -0.600. The standard InChI is InChI=1S/C18H23NO5/c1-23-14-11-15(18(22)24-2)19(12-14)17(21)10-6-9-16(20)13-7-4-3-5-8-13/h3-5,7-8,14-15H,6,9-12H2,1-2H3/t14-,15-/m0/s1. The van der Waals surface area contributed by atoms with Crippen molar-refractivity contribution in [2.24, 2.45) is 0 Å². The summed E-state index contributed by atoms with van der Waals surface area (Å²) in [6, 6.07) is 8.41. The summed E-state index contributed by atoms with van der Waals surface area (Å²) >= 11 is 0. The van der Waals surface area contributed by atoms with Gasteiger partial charge in [0.1, 0.15) is 6.04 Å². The number of benzene rings is 1. The maximum Gasteiger partial charge on any atom is 0.328 e. The molecule has 1 aromatic carbocycles. The molecule has 0 spiro atoms. The molecule has 0 aromatic heterocycles. The van der Waals surface area contributed by atoms with Crippen LogP contribution in [0.15, 0.2) is 30.3 Å². The third-order valence-electron chi connectivity index (χ3n) is 4.28. The Morgan fingerprint density at radius 3 is 2.46 bits per heavy atom. The maximum atomic E-state index is 12.4. The van der Waals surface area contributed by atoms with E-state index in [1.807, 2.05) is 18.2 Å². The Morgan fingerprint density at radius 1 is 1.12 bits per heavy atom. The SMILES string of the molecule is COC(=O)[C@@H]1C[C@H](OC)CN1C(=O)CCCC(=O)c1ccccc1. The fourth-order valence-electron chi connectivity index (χ4n) is 2.92. The predicted molar refractivity (Wildman–Crippen MR) is 87.6 cm³/mol. The monoisotopic (exact) mass is 333 g/mol. The Bertz CT molecular complexity index is 586. The number of carbonyl (C=O) groups is 3. The van der Waals surface area contributed by atoms with Gasteiger partial charge in [-0.2, -0.15) is 0 Å². The van der Waals surface area contributed by atoms with Crippen molar-refractivity contribution in [1.82, 2.24) is 4.90 Å². The number of rotatable bonds is 7. The van der Waals surface area contributed by atoms with Crippen LogP contribution in [0.2, 0.25) is 0 Å². The average Bonchev–Trinajstić information content (AvgIpc) is 3.06. The topological polar surface area (TPSA) is 72.9 Å². The summed E-state index contributed by atoms with van der Waals surface area (Å²) in [7, 11) is 2.87. The van der Waals surface area contributed by atoms with Crippen molar-refractivity contribution in [3.8, 4) is 0 Å². The molecule has 130 valence electrons. The molecule has 1 heterocycles. The van der Waals surface area contributed by atoms with Crippen LogP contribution in [-0.4, -0.2) is 55.5 Å². The number of methoxy groups -OCH3 is 2. The van der Waals surface area contributed by atoms with Gasteiger partial charge in [0.2, 0.25) is 5.91 Å². The zero-order chi connectivity index (χ0) is 17.5. The molecule has 0 bridgehead atoms. The van der Waals surface area contributed by atoms with E-state index in [0.717, 1.165) is 0 Å². The van der Waals surface area contributed by atoms with Gasteiger partial charge in [-0.15, -0.1) is 0 Å². The number of nitrogens with zero attached hydrogens (tertiary/aromatic N) is 1. The molecule has 1 aliphatic heterocycles. The van der Waals surface area contributed by atoms with E-state index in [1.54, 1.807) is 19.2 Å². The van der Waals surface area contributed by atoms with Crippen LogP contribution in [0.1, 0.15) is 36.0 Å². The van der Waals surface area contributed by atoms with Gasteiger partial charge in [-0.05, 0) is 6.42 Å². The van der Waals surface area contributed by atoms with Crippen LogP contribution < -0.4 is 0 Å². The molecule has 0 unspecified atom stereocenters. The lowest BCUT2D eigenvalue weighted by atomic mass is 10.1. The van der Waals surface area contributed by atoms with Crippen molar-refractivity contribution < 1.29 is 23.9 Å². The summed E-state index contributed by atoms with van der Waals surface area (Å²) in [5, 5.41) is 0. The fourth-order valence-corrected chi connectivity index (χ4v) is 2.92. The molecular weight excluding hydrogens is 310 g/mol. The first-order valence-electron chi connectivity index (χ1n) is 8.05. The average molecular weight is 333 g/mol. The molecule has 2 rings (SSSR count). The Morgan fingerprint density at radius 2 is 1.83 bits per heavy atom. The summed E-state index contributed by atoms with van der Waals surface area (Å²) in [6.45, 7) is 0.377. The molecule has 0 N–H and O–H groups in total. The van der Waals surface area contributed by atoms with E-state index in [0.29, 0.717) is 31.4 Å². The van der Waals surface area contributed by atoms with Crippen LogP contribution in [0.25, 0.3) is 0 Å². The van der Waals surface area contributed by atoms with E-state index < -0.39 is 12.0 Å². The maximum absolute atomic E-state index is 12.4. The molecule has 0 radical (unpaired) electrons. The molecule has 24 heavy (non-hydrogen) atoms. The zero-order valence-corrected chi connectivity index (χ0v) is 14.1. The van der Waals surface area contributed by atoms with E-state index >= 15 is 0 Å². The minimum absolute atomic E-state index is 0.0177. The highest BCUT2D eigenvalue weighted by Crippen LogP contribution is 2.22. The molecule has 1 aliphatic rings. The molecule has 2 atom stereocenters. The molecular formula is C18H23NO5. The summed E-state index contributed by atoms with van der Waals surface area (Å²) in [4.78, 5) is 37.8. The van der Waals surface area contributed by atoms with E-state index in [9.17, 15) is 14.4 Å². The number of esters is 1. The van der Waals surface area contributed by atoms with Gasteiger partial charge >= 0.3 is 5.97 Å². The number of ether oxygens (including phenoxy) is 2. The van der Waals surface area contributed by atoms with E-state index in [4.69, 9.17) is 9.47 Å². The number of hydrogen-bond acceptors (Lipinski definition) is 5. The second-order valence-corrected chi connectivity index (χ2v) is 5.82. The van der Waals surface area contributed by atoms with Gasteiger partial charge in [0, 0.05) is 38.5 Å². The fraction of sp³-hybridized carbons (Fsp3) is 0.500. The first kappa shape index (κ1) is 18.1. The number of ketones is 1. The quantitative estimate of drug-likeness (QED) is 0.562. The van der Waals surface area contributed by atoms with Crippen molar-refractivity contribution in [3.63, 3.8) is 0 Å². The number of carbonyl (C=O) groups excluding carboxylic acids is 3. The third kappa shape index (κ3) is 4.41. The lowest BCUT2D eigenvalue weighted by molar-refractivity contribution is -0.151. The van der Waals surface area contributed by atoms with Crippen molar-refractivity contribution in [3.05, 3.63) is 35.9 Å². The van der Waals surface area contributed by atoms with Crippen molar-refractivity contribution in [1.29, 1.82) is 0 Å². The molecule has 6 nitrogen and oxygen atoms in total. The smallest absolute Gasteiger partial charge is 0.328 e. The summed E-state index contributed by atoms with van der Waals surface area (Å²) in [6.07, 6.45) is 1.26. The van der Waals surface area contributed by atoms with Gasteiger partial charge < -0.3 is 14.4 Å². The first-order valence-corrected chi connectivity index (χ1v) is 8.05. The number of amides is 1. The highest BCUT2D eigenvalue weighted by Gasteiger charge is 2.40. The number of hydrogen-bond donors (Lipinski definition) is 0. The first-order chi connectivity index (χ1) is 11.6. The lowest BCUT2D eigenvalue weighted by Gasteiger charge is -2.22. The minimum Gasteiger partial charge on any atom is -0.467 e. The highest BCUT2D eigenvalue weighted by molar-refractivity contribution is 5.96. The van der Waals surface area contributed by atoms with Crippen LogP contribution in [0.3, 0.4) is 0 Å². The molecule has 1 saturated heterocycles. The molecule has 1 aromatic rings. The normalized spacial score (nSPS) is 20.0. The molecule has 0 aliphatic carbocycles. The third-order valence-corrected chi connectivity index (χ3v) is 4.28. The van der Waals surface area contributed by atoms with Gasteiger partial charge in [-0.1, -0.05) is 30.3 Å². The molecule has 0 saturated carbocycles. The summed E-state index contributed by atoms with van der Waals surface area (Å²) < 4.78 is 10.0. The Balaban J connectivity index is 1.87. The van der Waals surface area contributed by atoms with E-state index in [-0.39, 0.29) is 24.2 Å². The Hall–Kier alpha value is -2.21. The largest absolute Gasteiger partial charge is 0.467 e. The molecule has 1 amide bonds. The summed E-state index contributed by atoms with van der Waals surface area (Å²) in [5.41, 5.74) is 0.651. The van der Waals surface area contributed by atoms with Crippen molar-refractivity contribution in [2.75, 3.05) is 20.8 Å².